The van der Waals surface area contributed by atoms with Gasteiger partial charge < -0.3 is 38.8 Å². The number of hydrogen-bond acceptors (Lipinski definition) is 13. The Kier molecular flexibility index (Phi) is 11.3. The number of carbonyl (C=O) groups is 1. The molecule has 0 spiro atoms. The van der Waals surface area contributed by atoms with Gasteiger partial charge >= 0.3 is 6.09 Å². The number of hydrogen-bond donors (Lipinski definition) is 3. The number of benzene rings is 3. The number of nitro benzene ring substituents is 1. The predicted molar refractivity (Wildman–Crippen MR) is 181 cm³/mol. The van der Waals surface area contributed by atoms with E-state index in [9.17, 15) is 28.4 Å². The smallest absolute Gasteiger partial charge is 0.407 e. The van der Waals surface area contributed by atoms with Crippen LogP contribution < -0.4 is 24.8 Å². The molecule has 274 valence electrons. The number of nitro groups is 1. The first-order valence-corrected chi connectivity index (χ1v) is 18.2. The number of fused-ring (bicyclic) bond motifs is 2. The first-order valence-electron chi connectivity index (χ1n) is 16.7. The number of aliphatic hydroxyl groups is 1. The molecule has 6 rings (SSSR count). The number of amides is 1. The number of nitrogens with one attached hydrogen (secondary N) is 2. The number of carbonyl (C=O) groups excluding carboxylic acids is 1. The number of rotatable bonds is 15. The van der Waals surface area contributed by atoms with Gasteiger partial charge in [-0.1, -0.05) is 38.1 Å². The van der Waals surface area contributed by atoms with Crippen molar-refractivity contribution in [3.63, 3.8) is 0 Å². The second-order valence-corrected chi connectivity index (χ2v) is 15.1. The molecule has 3 heterocycles. The zero-order valence-corrected chi connectivity index (χ0v) is 29.0. The maximum atomic E-state index is 13.7. The van der Waals surface area contributed by atoms with Crippen LogP contribution >= 0.6 is 0 Å². The van der Waals surface area contributed by atoms with Crippen LogP contribution in [0.3, 0.4) is 0 Å². The Morgan fingerprint density at radius 2 is 1.82 bits per heavy atom. The van der Waals surface area contributed by atoms with E-state index in [-0.39, 0.29) is 55.4 Å². The van der Waals surface area contributed by atoms with E-state index in [1.165, 1.54) is 24.3 Å². The summed E-state index contributed by atoms with van der Waals surface area (Å²) in [4.78, 5) is 23.9. The predicted octanol–water partition coefficient (Wildman–Crippen LogP) is 3.71. The molecule has 3 aliphatic rings. The van der Waals surface area contributed by atoms with Gasteiger partial charge in [0.1, 0.15) is 23.8 Å². The average Bonchev–Trinajstić information content (AvgIpc) is 3.86. The highest BCUT2D eigenvalue weighted by molar-refractivity contribution is 7.92. The van der Waals surface area contributed by atoms with Crippen molar-refractivity contribution in [3.8, 4) is 17.2 Å². The summed E-state index contributed by atoms with van der Waals surface area (Å²) in [6.45, 7) is 4.18. The Morgan fingerprint density at radius 1 is 1.04 bits per heavy atom. The van der Waals surface area contributed by atoms with Gasteiger partial charge in [-0.2, -0.15) is 0 Å². The van der Waals surface area contributed by atoms with Crippen molar-refractivity contribution in [1.29, 1.82) is 0 Å². The Morgan fingerprint density at radius 3 is 2.59 bits per heavy atom. The van der Waals surface area contributed by atoms with Crippen molar-refractivity contribution in [2.45, 2.75) is 68.1 Å². The van der Waals surface area contributed by atoms with Gasteiger partial charge in [0.15, 0.2) is 27.6 Å². The number of aliphatic hydroxyl groups excluding tert-OH is 1. The van der Waals surface area contributed by atoms with E-state index in [0.29, 0.717) is 35.8 Å². The van der Waals surface area contributed by atoms with Crippen molar-refractivity contribution in [2.75, 3.05) is 26.6 Å². The molecule has 2 saturated heterocycles. The number of nitrogens with zero attached hydrogens (tertiary/aromatic N) is 1. The van der Waals surface area contributed by atoms with Crippen molar-refractivity contribution in [3.05, 3.63) is 88.0 Å². The number of sulfone groups is 1. The lowest BCUT2D eigenvalue weighted by atomic mass is 10.0. The summed E-state index contributed by atoms with van der Waals surface area (Å²) in [5.41, 5.74) is 1.35. The third-order valence-electron chi connectivity index (χ3n) is 9.06. The van der Waals surface area contributed by atoms with Gasteiger partial charge in [0.25, 0.3) is 5.69 Å². The lowest BCUT2D eigenvalue weighted by Crippen LogP contribution is -2.52. The van der Waals surface area contributed by atoms with Gasteiger partial charge in [-0.3, -0.25) is 15.4 Å². The summed E-state index contributed by atoms with van der Waals surface area (Å²) in [6.07, 6.45) is -2.04. The fourth-order valence-corrected chi connectivity index (χ4v) is 8.19. The second-order valence-electron chi connectivity index (χ2n) is 13.0. The molecule has 15 nitrogen and oxygen atoms in total. The lowest BCUT2D eigenvalue weighted by molar-refractivity contribution is -0.384. The van der Waals surface area contributed by atoms with Crippen LogP contribution in [0.1, 0.15) is 31.4 Å². The Hall–Kier alpha value is -4.48. The molecule has 6 atom stereocenters. The van der Waals surface area contributed by atoms with Crippen molar-refractivity contribution in [2.24, 2.45) is 11.8 Å². The van der Waals surface area contributed by atoms with E-state index >= 15 is 0 Å². The lowest BCUT2D eigenvalue weighted by Gasteiger charge is -2.29. The summed E-state index contributed by atoms with van der Waals surface area (Å²) in [5, 5.41) is 27.3. The molecule has 16 heteroatoms. The van der Waals surface area contributed by atoms with E-state index in [1.54, 1.807) is 56.3 Å². The average molecular weight is 728 g/mol. The minimum atomic E-state index is -3.93. The molecule has 3 aliphatic heterocycles. The highest BCUT2D eigenvalue weighted by Crippen LogP contribution is 2.35. The number of alkyl carbamates (subject to hydrolysis) is 1. The standard InChI is InChI=1S/C35H41N3O12S/c1-21(2)33(51(43,44)26-10-11-30-31(16-26)49-20-48-30)36-17-29(39)28(37-35(40)50-32-19-47-34-27(32)12-13-45-34)15-22-6-8-25(9-7-22)46-18-23-4-3-5-24(14-23)38(41)42/h3-11,14,16,21,27-29,32-34,36,39H,12-13,15,17-20H2,1-2H3,(H,37,40)/t27-,28-,29+,32-,33?,34+/m0/s1. The van der Waals surface area contributed by atoms with Crippen LogP contribution in [0.15, 0.2) is 71.6 Å². The van der Waals surface area contributed by atoms with Crippen molar-refractivity contribution < 1.29 is 51.7 Å². The summed E-state index contributed by atoms with van der Waals surface area (Å²) in [5.74, 6) is 0.844. The largest absolute Gasteiger partial charge is 0.489 e. The normalized spacial score (nSPS) is 21.1. The van der Waals surface area contributed by atoms with Crippen LogP contribution in [0, 0.1) is 22.0 Å². The molecular weight excluding hydrogens is 686 g/mol. The van der Waals surface area contributed by atoms with Crippen LogP contribution in [-0.2, 0) is 37.1 Å². The molecule has 0 aromatic heterocycles. The third-order valence-corrected chi connectivity index (χ3v) is 11.3. The molecule has 51 heavy (non-hydrogen) atoms. The highest BCUT2D eigenvalue weighted by Gasteiger charge is 2.44. The molecule has 0 aliphatic carbocycles. The zero-order chi connectivity index (χ0) is 36.1. The molecule has 0 bridgehead atoms. The van der Waals surface area contributed by atoms with Crippen molar-refractivity contribution in [1.82, 2.24) is 10.6 Å². The van der Waals surface area contributed by atoms with Crippen molar-refractivity contribution >= 4 is 21.6 Å². The highest BCUT2D eigenvalue weighted by atomic mass is 32.2. The second kappa shape index (κ2) is 15.8. The number of ether oxygens (including phenoxy) is 6. The van der Waals surface area contributed by atoms with E-state index in [1.807, 2.05) is 0 Å². The van der Waals surface area contributed by atoms with Gasteiger partial charge in [0.2, 0.25) is 6.79 Å². The van der Waals surface area contributed by atoms with E-state index < -0.39 is 50.8 Å². The SMILES string of the molecule is CC(C)C(NC[C@@H](O)[C@H](Cc1ccc(OCc2cccc([N+](=O)[O-])c2)cc1)NC(=O)O[C@H]1CO[C@H]2OCC[C@H]21)S(=O)(=O)c1ccc2c(c1)OCO2. The molecule has 3 aromatic carbocycles. The van der Waals surface area contributed by atoms with Gasteiger partial charge in [0, 0.05) is 24.7 Å². The first-order chi connectivity index (χ1) is 24.5. The molecule has 3 N–H and O–H groups in total. The molecule has 1 unspecified atom stereocenters. The van der Waals surface area contributed by atoms with Crippen LogP contribution in [0.25, 0.3) is 0 Å². The maximum absolute atomic E-state index is 13.7. The van der Waals surface area contributed by atoms with Gasteiger partial charge in [-0.15, -0.1) is 0 Å². The fourth-order valence-electron chi connectivity index (χ4n) is 6.34. The molecule has 3 aromatic rings. The number of non-ortho nitro benzene ring substituents is 1. The molecule has 0 saturated carbocycles. The Labute approximate surface area is 295 Å². The Balaban J connectivity index is 1.13. The van der Waals surface area contributed by atoms with E-state index in [0.717, 1.165) is 5.56 Å². The Bertz CT molecular complexity index is 1810. The summed E-state index contributed by atoms with van der Waals surface area (Å²) < 4.78 is 60.8. The molecule has 2 fully saturated rings. The summed E-state index contributed by atoms with van der Waals surface area (Å²) in [7, 11) is -3.93. The quantitative estimate of drug-likeness (QED) is 0.152. The van der Waals surface area contributed by atoms with Crippen LogP contribution in [0.2, 0.25) is 0 Å². The van der Waals surface area contributed by atoms with Gasteiger partial charge in [-0.05, 0) is 54.2 Å². The molecule has 0 radical (unpaired) electrons. The minimum Gasteiger partial charge on any atom is -0.489 e. The van der Waals surface area contributed by atoms with Crippen LogP contribution in [0.5, 0.6) is 17.2 Å². The molecule has 1 amide bonds. The topological polar surface area (TPSA) is 194 Å². The summed E-state index contributed by atoms with van der Waals surface area (Å²) in [6, 6.07) is 16.7. The van der Waals surface area contributed by atoms with E-state index in [2.05, 4.69) is 10.6 Å². The van der Waals surface area contributed by atoms with Gasteiger partial charge in [0.05, 0.1) is 41.1 Å². The first kappa shape index (κ1) is 36.3. The van der Waals surface area contributed by atoms with Crippen LogP contribution in [0.4, 0.5) is 10.5 Å². The van der Waals surface area contributed by atoms with Crippen LogP contribution in [-0.4, -0.2) is 81.0 Å². The summed E-state index contributed by atoms with van der Waals surface area (Å²) >= 11 is 0. The van der Waals surface area contributed by atoms with E-state index in [4.69, 9.17) is 28.4 Å². The minimum absolute atomic E-state index is 0.00664. The zero-order valence-electron chi connectivity index (χ0n) is 28.1. The monoisotopic (exact) mass is 727 g/mol. The third kappa shape index (κ3) is 8.70. The molecular formula is C35H41N3O12S. The maximum Gasteiger partial charge on any atom is 0.407 e. The van der Waals surface area contributed by atoms with Gasteiger partial charge in [-0.25, -0.2) is 13.2 Å². The fraction of sp³-hybridized carbons (Fsp3) is 0.457.